The minimum atomic E-state index is -0.180. The lowest BCUT2D eigenvalue weighted by Crippen LogP contribution is -2.20. The zero-order valence-electron chi connectivity index (χ0n) is 13.4. The molecule has 0 aliphatic carbocycles. The third kappa shape index (κ3) is 6.38. The fourth-order valence-corrected chi connectivity index (χ4v) is 2.20. The molecule has 1 nitrogen and oxygen atoms in total. The molecule has 0 aromatic heterocycles. The molecule has 0 heterocycles. The summed E-state index contributed by atoms with van der Waals surface area (Å²) in [6, 6.07) is 10.3. The Bertz CT molecular complexity index is 472. The fourth-order valence-electron chi connectivity index (χ4n) is 2.20. The van der Waals surface area contributed by atoms with Gasteiger partial charge in [-0.15, -0.1) is 6.42 Å². The maximum absolute atomic E-state index is 11.4. The van der Waals surface area contributed by atoms with Crippen LogP contribution in [0.4, 0.5) is 0 Å². The lowest BCUT2D eigenvalue weighted by Gasteiger charge is -2.25. The number of benzene rings is 1. The highest BCUT2D eigenvalue weighted by atomic mass is 16.1. The van der Waals surface area contributed by atoms with E-state index >= 15 is 0 Å². The van der Waals surface area contributed by atoms with Crippen LogP contribution in [0.3, 0.4) is 0 Å². The van der Waals surface area contributed by atoms with E-state index in [1.54, 1.807) is 0 Å². The third-order valence-corrected chi connectivity index (χ3v) is 3.21. The number of Topliss-reactive ketones (excluding diaryl/α,β-unsaturated/α-hetero) is 1. The highest BCUT2D eigenvalue weighted by Crippen LogP contribution is 2.31. The predicted molar refractivity (Wildman–Crippen MR) is 87.5 cm³/mol. The zero-order chi connectivity index (χ0) is 15.6. The van der Waals surface area contributed by atoms with E-state index in [0.717, 1.165) is 18.4 Å². The van der Waals surface area contributed by atoms with Crippen molar-refractivity contribution in [1.82, 2.24) is 0 Å². The number of carbonyl (C=O) groups is 1. The van der Waals surface area contributed by atoms with Gasteiger partial charge in [-0.1, -0.05) is 69.2 Å². The monoisotopic (exact) mass is 270 g/mol. The number of terminal acetylenes is 1. The van der Waals surface area contributed by atoms with Gasteiger partial charge in [0.25, 0.3) is 0 Å². The molecule has 1 aromatic rings. The van der Waals surface area contributed by atoms with E-state index in [2.05, 4.69) is 45.7 Å². The van der Waals surface area contributed by atoms with Crippen LogP contribution >= 0.6 is 0 Å². The molecule has 0 amide bonds. The number of hydrogen-bond donors (Lipinski definition) is 0. The average molecular weight is 270 g/mol. The van der Waals surface area contributed by atoms with Gasteiger partial charge in [0.1, 0.15) is 0 Å². The second-order valence-electron chi connectivity index (χ2n) is 5.46. The van der Waals surface area contributed by atoms with Crippen LogP contribution in [-0.4, -0.2) is 5.78 Å². The van der Waals surface area contributed by atoms with Gasteiger partial charge >= 0.3 is 0 Å². The molecule has 0 saturated carbocycles. The van der Waals surface area contributed by atoms with Crippen molar-refractivity contribution in [3.8, 4) is 12.3 Å². The summed E-state index contributed by atoms with van der Waals surface area (Å²) in [5, 5.41) is 0. The lowest BCUT2D eigenvalue weighted by molar-refractivity contribution is -0.111. The number of allylic oxidation sites excluding steroid dienone is 2. The van der Waals surface area contributed by atoms with E-state index in [1.165, 1.54) is 5.56 Å². The van der Waals surface area contributed by atoms with Crippen LogP contribution in [-0.2, 0) is 4.79 Å². The first-order valence-electron chi connectivity index (χ1n) is 7.08. The molecular weight excluding hydrogens is 244 g/mol. The van der Waals surface area contributed by atoms with Crippen LogP contribution in [0.2, 0.25) is 0 Å². The van der Waals surface area contributed by atoms with Crippen molar-refractivity contribution in [3.05, 3.63) is 47.5 Å². The summed E-state index contributed by atoms with van der Waals surface area (Å²) in [7, 11) is 0. The molecule has 1 rings (SSSR count). The largest absolute Gasteiger partial charge is 0.280 e. The summed E-state index contributed by atoms with van der Waals surface area (Å²) >= 11 is 0. The summed E-state index contributed by atoms with van der Waals surface area (Å²) in [6.45, 7) is 10.2. The summed E-state index contributed by atoms with van der Waals surface area (Å²) in [4.78, 5) is 11.4. The van der Waals surface area contributed by atoms with E-state index in [4.69, 9.17) is 6.42 Å². The van der Waals surface area contributed by atoms with Gasteiger partial charge in [-0.05, 0) is 31.6 Å². The molecule has 0 radical (unpaired) electrons. The van der Waals surface area contributed by atoms with Gasteiger partial charge < -0.3 is 0 Å². The van der Waals surface area contributed by atoms with Crippen molar-refractivity contribution in [2.24, 2.45) is 5.41 Å². The normalized spacial score (nSPS) is 11.1. The molecule has 0 N–H and O–H groups in total. The van der Waals surface area contributed by atoms with Gasteiger partial charge in [0.05, 0.1) is 0 Å². The highest BCUT2D eigenvalue weighted by molar-refractivity contribution is 6.08. The molecule has 0 saturated heterocycles. The van der Waals surface area contributed by atoms with Crippen LogP contribution in [0.1, 0.15) is 46.1 Å². The van der Waals surface area contributed by atoms with E-state index in [-0.39, 0.29) is 11.2 Å². The molecule has 1 aromatic carbocycles. The van der Waals surface area contributed by atoms with Gasteiger partial charge in [-0.25, -0.2) is 0 Å². The van der Waals surface area contributed by atoms with Crippen molar-refractivity contribution < 1.29 is 4.79 Å². The SMILES string of the molecule is C#CC(=O)/C(=C/C)C(C)(C)CCC.Cc1ccccc1. The van der Waals surface area contributed by atoms with Gasteiger partial charge in [0.2, 0.25) is 5.78 Å². The van der Waals surface area contributed by atoms with Crippen LogP contribution in [0.25, 0.3) is 0 Å². The van der Waals surface area contributed by atoms with Crippen molar-refractivity contribution in [3.63, 3.8) is 0 Å². The van der Waals surface area contributed by atoms with Crippen molar-refractivity contribution in [2.45, 2.75) is 47.5 Å². The van der Waals surface area contributed by atoms with Crippen LogP contribution in [0.15, 0.2) is 42.0 Å². The van der Waals surface area contributed by atoms with Crippen LogP contribution < -0.4 is 0 Å². The Kier molecular flexibility index (Phi) is 8.32. The molecule has 0 aliphatic rings. The maximum Gasteiger partial charge on any atom is 0.231 e. The average Bonchev–Trinajstić information content (AvgIpc) is 2.40. The molecule has 0 atom stereocenters. The van der Waals surface area contributed by atoms with Crippen LogP contribution in [0, 0.1) is 24.7 Å². The highest BCUT2D eigenvalue weighted by Gasteiger charge is 2.25. The van der Waals surface area contributed by atoms with Crippen LogP contribution in [0.5, 0.6) is 0 Å². The Labute approximate surface area is 124 Å². The Morgan fingerprint density at radius 2 is 1.85 bits per heavy atom. The molecule has 0 aliphatic heterocycles. The predicted octanol–water partition coefficient (Wildman–Crippen LogP) is 4.96. The summed E-state index contributed by atoms with van der Waals surface area (Å²) < 4.78 is 0. The second-order valence-corrected chi connectivity index (χ2v) is 5.46. The second kappa shape index (κ2) is 9.15. The Hall–Kier alpha value is -1.81. The van der Waals surface area contributed by atoms with Gasteiger partial charge in [0.15, 0.2) is 0 Å². The Morgan fingerprint density at radius 1 is 1.30 bits per heavy atom. The quantitative estimate of drug-likeness (QED) is 0.429. The first-order valence-corrected chi connectivity index (χ1v) is 7.08. The Morgan fingerprint density at radius 3 is 2.15 bits per heavy atom. The zero-order valence-corrected chi connectivity index (χ0v) is 13.4. The standard InChI is InChI=1S/C12H18O.C7H8/c1-6-9-12(4,5)10(7-2)11(13)8-3;1-7-5-3-2-4-6-7/h3,7H,6,9H2,1-2,4-5H3;2-6H,1H3/b10-7-;. The smallest absolute Gasteiger partial charge is 0.231 e. The molecular formula is C19H26O. The fraction of sp³-hybridized carbons (Fsp3) is 0.421. The van der Waals surface area contributed by atoms with Gasteiger partial charge in [-0.3, -0.25) is 4.79 Å². The summed E-state index contributed by atoms with van der Waals surface area (Å²) in [5.74, 6) is 1.99. The lowest BCUT2D eigenvalue weighted by atomic mass is 9.78. The molecule has 0 unspecified atom stereocenters. The molecule has 0 spiro atoms. The van der Waals surface area contributed by atoms with E-state index in [9.17, 15) is 4.79 Å². The first kappa shape index (κ1) is 18.2. The van der Waals surface area contributed by atoms with E-state index < -0.39 is 0 Å². The minimum absolute atomic E-state index is 0.0903. The number of carbonyl (C=O) groups excluding carboxylic acids is 1. The Balaban J connectivity index is 0.000000428. The summed E-state index contributed by atoms with van der Waals surface area (Å²) in [6.07, 6.45) is 8.98. The number of rotatable bonds is 4. The third-order valence-electron chi connectivity index (χ3n) is 3.21. The number of ketones is 1. The topological polar surface area (TPSA) is 17.1 Å². The van der Waals surface area contributed by atoms with Gasteiger partial charge in [0, 0.05) is 5.57 Å². The molecule has 108 valence electrons. The molecule has 1 heteroatoms. The molecule has 0 fully saturated rings. The van der Waals surface area contributed by atoms with Crippen molar-refractivity contribution in [1.29, 1.82) is 0 Å². The molecule has 0 bridgehead atoms. The number of aryl methyl sites for hydroxylation is 1. The maximum atomic E-state index is 11.4. The van der Waals surface area contributed by atoms with Gasteiger partial charge in [-0.2, -0.15) is 0 Å². The van der Waals surface area contributed by atoms with Crippen molar-refractivity contribution in [2.75, 3.05) is 0 Å². The first-order chi connectivity index (χ1) is 9.38. The minimum Gasteiger partial charge on any atom is -0.280 e. The van der Waals surface area contributed by atoms with E-state index in [0.29, 0.717) is 0 Å². The van der Waals surface area contributed by atoms with Crippen molar-refractivity contribution >= 4 is 5.78 Å². The number of hydrogen-bond acceptors (Lipinski definition) is 1. The van der Waals surface area contributed by atoms with E-state index in [1.807, 2.05) is 31.2 Å². The molecule has 20 heavy (non-hydrogen) atoms. The summed E-state index contributed by atoms with van der Waals surface area (Å²) in [5.41, 5.74) is 1.99.